The fraction of sp³-hybridized carbons (Fsp3) is 0.0392. The molecule has 12 rings (SSSR count). The number of fused-ring (bicyclic) bond motifs is 13. The Morgan fingerprint density at radius 2 is 1.25 bits per heavy atom. The number of rotatable bonds is 3. The molecule has 5 heteroatoms. The normalized spacial score (nSPS) is 17.1. The number of anilines is 1. The van der Waals surface area contributed by atoms with E-state index in [-0.39, 0.29) is 17.7 Å². The van der Waals surface area contributed by atoms with Gasteiger partial charge in [0.25, 0.3) is 5.91 Å². The van der Waals surface area contributed by atoms with Gasteiger partial charge in [-0.25, -0.2) is 9.97 Å². The van der Waals surface area contributed by atoms with Gasteiger partial charge in [-0.2, -0.15) is 0 Å². The highest BCUT2D eigenvalue weighted by molar-refractivity contribution is 6.22. The van der Waals surface area contributed by atoms with Gasteiger partial charge in [0.05, 0.1) is 33.3 Å². The standard InChI is InChI=1S/C51H32N4O/c56-50-45-35-21-9-7-15-31(35)27-29-40(45)44-38-24-12-11-23-37(38)43-39-25-13-14-26-42(39)55(49(43)48(44)54(50)34-19-5-2-6-20-34)51-52-46(33-17-3-1-4-18-33)41-30-28-32-16-8-10-22-36(32)47(41)53-51/h1-30,38,44H. The molecule has 0 radical (unpaired) electrons. The third kappa shape index (κ3) is 4.28. The van der Waals surface area contributed by atoms with Crippen molar-refractivity contribution in [2.45, 2.75) is 5.92 Å². The molecule has 9 aromatic rings. The average Bonchev–Trinajstić information content (AvgIpc) is 3.62. The minimum Gasteiger partial charge on any atom is -0.278 e. The van der Waals surface area contributed by atoms with Crippen LogP contribution < -0.4 is 15.5 Å². The zero-order valence-electron chi connectivity index (χ0n) is 30.2. The van der Waals surface area contributed by atoms with Crippen LogP contribution in [0.2, 0.25) is 0 Å². The van der Waals surface area contributed by atoms with Crippen molar-refractivity contribution in [1.29, 1.82) is 0 Å². The Labute approximate surface area is 322 Å². The molecule has 2 aliphatic carbocycles. The van der Waals surface area contributed by atoms with E-state index in [2.05, 4.69) is 138 Å². The number of carbonyl (C=O) groups is 1. The molecular formula is C51H32N4O. The highest BCUT2D eigenvalue weighted by Crippen LogP contribution is 2.50. The number of allylic oxidation sites excluding steroid dienone is 4. The van der Waals surface area contributed by atoms with Crippen molar-refractivity contribution in [3.63, 3.8) is 0 Å². The first-order chi connectivity index (χ1) is 27.7. The zero-order chi connectivity index (χ0) is 36.9. The topological polar surface area (TPSA) is 51.0 Å². The van der Waals surface area contributed by atoms with Gasteiger partial charge in [-0.1, -0.05) is 158 Å². The molecule has 3 aliphatic rings. The number of nitrogens with zero attached hydrogens (tertiary/aromatic N) is 4. The number of benzene rings is 7. The zero-order valence-corrected chi connectivity index (χ0v) is 30.2. The molecule has 262 valence electrons. The summed E-state index contributed by atoms with van der Waals surface area (Å²) in [7, 11) is 0. The Kier molecular flexibility index (Phi) is 6.55. The van der Waals surface area contributed by atoms with E-state index in [1.54, 1.807) is 0 Å². The molecule has 0 saturated heterocycles. The molecule has 0 bridgehead atoms. The van der Waals surface area contributed by atoms with Crippen LogP contribution >= 0.6 is 0 Å². The van der Waals surface area contributed by atoms with E-state index < -0.39 is 0 Å². The lowest BCUT2D eigenvalue weighted by molar-refractivity contribution is 0.0994. The minimum absolute atomic E-state index is 0.0117. The van der Waals surface area contributed by atoms with Crippen molar-refractivity contribution in [3.8, 4) is 17.2 Å². The summed E-state index contributed by atoms with van der Waals surface area (Å²) in [6, 6.07) is 54.4. The van der Waals surface area contributed by atoms with Gasteiger partial charge in [-0.15, -0.1) is 0 Å². The Bertz CT molecular complexity index is 3340. The molecule has 1 aliphatic heterocycles. The van der Waals surface area contributed by atoms with E-state index in [1.165, 1.54) is 5.57 Å². The van der Waals surface area contributed by atoms with Crippen molar-refractivity contribution in [2.75, 3.05) is 4.90 Å². The summed E-state index contributed by atoms with van der Waals surface area (Å²) in [5.41, 5.74) is 8.54. The third-order valence-electron chi connectivity index (χ3n) is 11.9. The Hall–Kier alpha value is -7.37. The smallest absolute Gasteiger partial charge is 0.263 e. The van der Waals surface area contributed by atoms with Gasteiger partial charge < -0.3 is 0 Å². The number of carbonyl (C=O) groups excluding carboxylic acids is 1. The van der Waals surface area contributed by atoms with E-state index in [0.717, 1.165) is 87.7 Å². The number of para-hydroxylation sites is 2. The van der Waals surface area contributed by atoms with Crippen molar-refractivity contribution >= 4 is 66.2 Å². The molecule has 0 saturated carbocycles. The van der Waals surface area contributed by atoms with Crippen molar-refractivity contribution in [1.82, 2.24) is 14.5 Å². The first kappa shape index (κ1) is 31.0. The Morgan fingerprint density at radius 1 is 0.571 bits per heavy atom. The number of hydrogen-bond acceptors (Lipinski definition) is 3. The second kappa shape index (κ2) is 11.8. The quantitative estimate of drug-likeness (QED) is 0.171. The second-order valence-electron chi connectivity index (χ2n) is 14.8. The van der Waals surface area contributed by atoms with Crippen LogP contribution in [0, 0.1) is 5.92 Å². The predicted molar refractivity (Wildman–Crippen MR) is 227 cm³/mol. The molecule has 56 heavy (non-hydrogen) atoms. The lowest BCUT2D eigenvalue weighted by atomic mass is 9.70. The summed E-state index contributed by atoms with van der Waals surface area (Å²) in [6.07, 6.45) is 8.89. The molecule has 0 N–H and O–H groups in total. The number of hydrogen-bond donors (Lipinski definition) is 0. The summed E-state index contributed by atoms with van der Waals surface area (Å²) < 4.78 is 2.24. The van der Waals surface area contributed by atoms with Crippen LogP contribution in [0.3, 0.4) is 0 Å². The van der Waals surface area contributed by atoms with Gasteiger partial charge in [0, 0.05) is 44.5 Å². The lowest BCUT2D eigenvalue weighted by Crippen LogP contribution is -2.50. The first-order valence-electron chi connectivity index (χ1n) is 19.1. The van der Waals surface area contributed by atoms with Gasteiger partial charge in [-0.05, 0) is 51.6 Å². The maximum absolute atomic E-state index is 15.5. The predicted octanol–water partition coefficient (Wildman–Crippen LogP) is 10.0. The van der Waals surface area contributed by atoms with Crippen LogP contribution in [-0.2, 0) is 0 Å². The van der Waals surface area contributed by atoms with Crippen molar-refractivity contribution < 1.29 is 4.79 Å². The number of amides is 1. The fourth-order valence-electron chi connectivity index (χ4n) is 9.59. The van der Waals surface area contributed by atoms with Crippen LogP contribution in [0.4, 0.5) is 5.69 Å². The molecular weight excluding hydrogens is 685 g/mol. The highest BCUT2D eigenvalue weighted by Gasteiger charge is 2.45. The maximum atomic E-state index is 15.5. The first-order valence-corrected chi connectivity index (χ1v) is 19.1. The average molecular weight is 717 g/mol. The second-order valence-corrected chi connectivity index (χ2v) is 14.8. The summed E-state index contributed by atoms with van der Waals surface area (Å²) in [5, 5.41) is 8.34. The van der Waals surface area contributed by atoms with Gasteiger partial charge >= 0.3 is 0 Å². The van der Waals surface area contributed by atoms with Gasteiger partial charge in [-0.3, -0.25) is 14.3 Å². The van der Waals surface area contributed by atoms with E-state index in [1.807, 2.05) is 53.4 Å². The van der Waals surface area contributed by atoms with Crippen LogP contribution in [0.1, 0.15) is 21.8 Å². The number of aromatic nitrogens is 3. The minimum atomic E-state index is -0.172. The van der Waals surface area contributed by atoms with Crippen LogP contribution in [-0.4, -0.2) is 20.4 Å². The molecule has 7 aromatic carbocycles. The summed E-state index contributed by atoms with van der Waals surface area (Å²) in [5.74, 6) is 0.346. The molecule has 5 nitrogen and oxygen atoms in total. The molecule has 3 heterocycles. The molecule has 0 spiro atoms. The van der Waals surface area contributed by atoms with Crippen LogP contribution in [0.25, 0.3) is 71.8 Å². The lowest BCUT2D eigenvalue weighted by Gasteiger charge is -2.42. The summed E-state index contributed by atoms with van der Waals surface area (Å²) >= 11 is 0. The van der Waals surface area contributed by atoms with Crippen LogP contribution in [0.15, 0.2) is 182 Å². The van der Waals surface area contributed by atoms with E-state index in [4.69, 9.17) is 9.97 Å². The van der Waals surface area contributed by atoms with Gasteiger partial charge in [0.15, 0.2) is 0 Å². The molecule has 2 unspecified atom stereocenters. The largest absolute Gasteiger partial charge is 0.278 e. The SMILES string of the molecule is O=C1c2c(ccc3ccccc23)C2C(=c3c(c4ccccc4n3-c3nc(-c4ccccc4)c4ccc5ccccc5c4n3)=C3C=CC=CC32)N1c1ccccc1. The summed E-state index contributed by atoms with van der Waals surface area (Å²) in [6.45, 7) is 0. The molecule has 2 atom stereocenters. The van der Waals surface area contributed by atoms with E-state index in [9.17, 15) is 0 Å². The maximum Gasteiger partial charge on any atom is 0.263 e. The Morgan fingerprint density at radius 3 is 2.07 bits per heavy atom. The van der Waals surface area contributed by atoms with Crippen molar-refractivity contribution in [2.24, 2.45) is 5.92 Å². The van der Waals surface area contributed by atoms with Gasteiger partial charge in [0.2, 0.25) is 5.95 Å². The highest BCUT2D eigenvalue weighted by atomic mass is 16.2. The van der Waals surface area contributed by atoms with Crippen LogP contribution in [0.5, 0.6) is 0 Å². The van der Waals surface area contributed by atoms with E-state index >= 15 is 4.79 Å². The van der Waals surface area contributed by atoms with Gasteiger partial charge in [0.1, 0.15) is 0 Å². The molecule has 1 amide bonds. The Balaban J connectivity index is 1.31. The van der Waals surface area contributed by atoms with Crippen molar-refractivity contribution in [3.05, 3.63) is 204 Å². The molecule has 2 aromatic heterocycles. The molecule has 0 fully saturated rings. The summed E-state index contributed by atoms with van der Waals surface area (Å²) in [4.78, 5) is 28.5. The monoisotopic (exact) mass is 716 g/mol. The third-order valence-corrected chi connectivity index (χ3v) is 11.9. The van der Waals surface area contributed by atoms with E-state index in [0.29, 0.717) is 5.95 Å². The fourth-order valence-corrected chi connectivity index (χ4v) is 9.59.